The van der Waals surface area contributed by atoms with Gasteiger partial charge in [0.05, 0.1) is 5.25 Å². The Kier molecular flexibility index (Phi) is 4.84. The van der Waals surface area contributed by atoms with Crippen molar-refractivity contribution in [3.8, 4) is 5.75 Å². The molecule has 0 spiro atoms. The minimum absolute atomic E-state index is 0.178. The summed E-state index contributed by atoms with van der Waals surface area (Å²) in [5.74, 6) is -0.181. The number of phenolic OH excluding ortho intramolecular Hbond substituents is 1. The number of imide groups is 1. The molecule has 6 heteroatoms. The van der Waals surface area contributed by atoms with Gasteiger partial charge in [0, 0.05) is 11.9 Å². The highest BCUT2D eigenvalue weighted by Gasteiger charge is 2.16. The summed E-state index contributed by atoms with van der Waals surface area (Å²) in [5.41, 5.74) is 0. The van der Waals surface area contributed by atoms with Crippen molar-refractivity contribution in [2.45, 2.75) is 17.1 Å². The first-order valence-corrected chi connectivity index (χ1v) is 5.89. The number of thioether (sulfide) groups is 1. The molecule has 0 aliphatic heterocycles. The predicted octanol–water partition coefficient (Wildman–Crippen LogP) is 1.33. The van der Waals surface area contributed by atoms with Crippen molar-refractivity contribution in [2.24, 2.45) is 0 Å². The first-order chi connectivity index (χ1) is 8.02. The van der Waals surface area contributed by atoms with Crippen LogP contribution < -0.4 is 10.6 Å². The van der Waals surface area contributed by atoms with E-state index in [-0.39, 0.29) is 11.7 Å². The van der Waals surface area contributed by atoms with Crippen LogP contribution in [0.1, 0.15) is 6.92 Å². The largest absolute Gasteiger partial charge is 0.508 e. The van der Waals surface area contributed by atoms with E-state index in [1.807, 2.05) is 0 Å². The Morgan fingerprint density at radius 2 is 1.88 bits per heavy atom. The summed E-state index contributed by atoms with van der Waals surface area (Å²) in [7, 11) is 1.44. The van der Waals surface area contributed by atoms with Crippen molar-refractivity contribution in [1.29, 1.82) is 0 Å². The first kappa shape index (κ1) is 13.4. The Morgan fingerprint density at radius 3 is 2.41 bits per heavy atom. The molecule has 1 rings (SSSR count). The van der Waals surface area contributed by atoms with Crippen LogP contribution in [-0.2, 0) is 4.79 Å². The lowest BCUT2D eigenvalue weighted by atomic mass is 10.3. The van der Waals surface area contributed by atoms with E-state index in [1.165, 1.54) is 18.8 Å². The molecule has 92 valence electrons. The van der Waals surface area contributed by atoms with Crippen molar-refractivity contribution in [1.82, 2.24) is 10.6 Å². The number of carbonyl (C=O) groups is 2. The Bertz CT molecular complexity index is 406. The lowest BCUT2D eigenvalue weighted by molar-refractivity contribution is -0.119. The Labute approximate surface area is 104 Å². The Hall–Kier alpha value is -1.69. The Balaban J connectivity index is 2.54. The quantitative estimate of drug-likeness (QED) is 0.711. The lowest BCUT2D eigenvalue weighted by Gasteiger charge is -2.10. The monoisotopic (exact) mass is 254 g/mol. The number of carbonyl (C=O) groups excluding carboxylic acids is 2. The molecule has 0 fully saturated rings. The zero-order valence-electron chi connectivity index (χ0n) is 9.56. The van der Waals surface area contributed by atoms with Gasteiger partial charge in [-0.3, -0.25) is 10.1 Å². The molecule has 0 aliphatic rings. The van der Waals surface area contributed by atoms with Gasteiger partial charge in [0.25, 0.3) is 0 Å². The van der Waals surface area contributed by atoms with E-state index in [1.54, 1.807) is 31.2 Å². The average molecular weight is 254 g/mol. The van der Waals surface area contributed by atoms with Crippen LogP contribution in [0.3, 0.4) is 0 Å². The molecule has 0 radical (unpaired) electrons. The van der Waals surface area contributed by atoms with E-state index in [2.05, 4.69) is 10.6 Å². The van der Waals surface area contributed by atoms with E-state index in [0.717, 1.165) is 4.90 Å². The SMILES string of the molecule is CNC(=O)NC(=O)C(C)Sc1ccc(O)cc1. The minimum atomic E-state index is -0.520. The highest BCUT2D eigenvalue weighted by atomic mass is 32.2. The molecule has 0 bridgehead atoms. The standard InChI is InChI=1S/C11H14N2O3S/c1-7(10(15)13-11(16)12-2)17-9-5-3-8(14)4-6-9/h3-7,14H,1-2H3,(H2,12,13,15,16). The maximum absolute atomic E-state index is 11.5. The topological polar surface area (TPSA) is 78.4 Å². The molecule has 17 heavy (non-hydrogen) atoms. The molecule has 3 N–H and O–H groups in total. The number of urea groups is 1. The molecule has 1 aromatic carbocycles. The third-order valence-corrected chi connectivity index (χ3v) is 3.09. The number of aromatic hydroxyl groups is 1. The van der Waals surface area contributed by atoms with Crippen molar-refractivity contribution < 1.29 is 14.7 Å². The fraction of sp³-hybridized carbons (Fsp3) is 0.273. The van der Waals surface area contributed by atoms with E-state index in [0.29, 0.717) is 0 Å². The number of hydrogen-bond acceptors (Lipinski definition) is 4. The van der Waals surface area contributed by atoms with Gasteiger partial charge in [0.1, 0.15) is 5.75 Å². The number of hydrogen-bond donors (Lipinski definition) is 3. The van der Waals surface area contributed by atoms with Gasteiger partial charge in [-0.05, 0) is 31.2 Å². The zero-order valence-corrected chi connectivity index (χ0v) is 10.4. The molecule has 0 heterocycles. The van der Waals surface area contributed by atoms with Gasteiger partial charge >= 0.3 is 6.03 Å². The fourth-order valence-corrected chi connectivity index (χ4v) is 1.93. The molecule has 0 saturated heterocycles. The average Bonchev–Trinajstić information content (AvgIpc) is 2.31. The molecule has 1 unspecified atom stereocenters. The van der Waals surface area contributed by atoms with Crippen LogP contribution in [0.15, 0.2) is 29.2 Å². The van der Waals surface area contributed by atoms with Gasteiger partial charge in [0.15, 0.2) is 0 Å². The highest BCUT2D eigenvalue weighted by molar-refractivity contribution is 8.00. The van der Waals surface area contributed by atoms with Gasteiger partial charge < -0.3 is 10.4 Å². The van der Waals surface area contributed by atoms with Gasteiger partial charge in [-0.25, -0.2) is 4.79 Å². The molecular weight excluding hydrogens is 240 g/mol. The molecule has 0 saturated carbocycles. The fourth-order valence-electron chi connectivity index (χ4n) is 1.06. The molecular formula is C11H14N2O3S. The van der Waals surface area contributed by atoms with Crippen molar-refractivity contribution in [2.75, 3.05) is 7.05 Å². The summed E-state index contributed by atoms with van der Waals surface area (Å²) in [5, 5.41) is 13.2. The number of phenols is 1. The van der Waals surface area contributed by atoms with Gasteiger partial charge in [0.2, 0.25) is 5.91 Å². The third kappa shape index (κ3) is 4.36. The number of nitrogens with one attached hydrogen (secondary N) is 2. The van der Waals surface area contributed by atoms with Crippen LogP contribution in [0.4, 0.5) is 4.79 Å². The molecule has 1 aromatic rings. The van der Waals surface area contributed by atoms with E-state index >= 15 is 0 Å². The van der Waals surface area contributed by atoms with Crippen LogP contribution in [-0.4, -0.2) is 29.3 Å². The van der Waals surface area contributed by atoms with E-state index in [9.17, 15) is 9.59 Å². The number of rotatable bonds is 3. The maximum atomic E-state index is 11.5. The third-order valence-electron chi connectivity index (χ3n) is 1.98. The lowest BCUT2D eigenvalue weighted by Crippen LogP contribution is -2.41. The van der Waals surface area contributed by atoms with Crippen molar-refractivity contribution >= 4 is 23.7 Å². The van der Waals surface area contributed by atoms with Crippen molar-refractivity contribution in [3.05, 3.63) is 24.3 Å². The molecule has 3 amide bonds. The van der Waals surface area contributed by atoms with Crippen LogP contribution in [0, 0.1) is 0 Å². The van der Waals surface area contributed by atoms with Crippen LogP contribution >= 0.6 is 11.8 Å². The Morgan fingerprint density at radius 1 is 1.29 bits per heavy atom. The number of amides is 3. The van der Waals surface area contributed by atoms with Gasteiger partial charge in [-0.2, -0.15) is 0 Å². The predicted molar refractivity (Wildman–Crippen MR) is 66.0 cm³/mol. The summed E-state index contributed by atoms with van der Waals surface area (Å²) in [6.07, 6.45) is 0. The summed E-state index contributed by atoms with van der Waals surface area (Å²) in [4.78, 5) is 23.3. The zero-order chi connectivity index (χ0) is 12.8. The van der Waals surface area contributed by atoms with Gasteiger partial charge in [-0.15, -0.1) is 11.8 Å². The van der Waals surface area contributed by atoms with Crippen molar-refractivity contribution in [3.63, 3.8) is 0 Å². The van der Waals surface area contributed by atoms with Crippen LogP contribution in [0.5, 0.6) is 5.75 Å². The molecule has 0 aromatic heterocycles. The summed E-state index contributed by atoms with van der Waals surface area (Å²) in [6, 6.07) is 6.00. The summed E-state index contributed by atoms with van der Waals surface area (Å²) in [6.45, 7) is 1.70. The first-order valence-electron chi connectivity index (χ1n) is 5.01. The highest BCUT2D eigenvalue weighted by Crippen LogP contribution is 2.24. The number of benzene rings is 1. The summed E-state index contributed by atoms with van der Waals surface area (Å²) < 4.78 is 0. The van der Waals surface area contributed by atoms with Gasteiger partial charge in [-0.1, -0.05) is 0 Å². The second-order valence-corrected chi connectivity index (χ2v) is 4.74. The second kappa shape index (κ2) is 6.15. The maximum Gasteiger partial charge on any atom is 0.321 e. The molecule has 5 nitrogen and oxygen atoms in total. The molecule has 1 atom stereocenters. The normalized spacial score (nSPS) is 11.6. The van der Waals surface area contributed by atoms with E-state index in [4.69, 9.17) is 5.11 Å². The van der Waals surface area contributed by atoms with Crippen LogP contribution in [0.2, 0.25) is 0 Å². The van der Waals surface area contributed by atoms with E-state index < -0.39 is 11.3 Å². The van der Waals surface area contributed by atoms with Crippen LogP contribution in [0.25, 0.3) is 0 Å². The second-order valence-electron chi connectivity index (χ2n) is 3.32. The summed E-state index contributed by atoms with van der Waals surface area (Å²) >= 11 is 1.31. The minimum Gasteiger partial charge on any atom is -0.508 e. The smallest absolute Gasteiger partial charge is 0.321 e. The molecule has 0 aliphatic carbocycles.